The number of carbonyl (C=O) groups excluding carboxylic acids is 1. The minimum absolute atomic E-state index is 0.0172. The Labute approximate surface area is 167 Å². The van der Waals surface area contributed by atoms with Crippen molar-refractivity contribution in [3.63, 3.8) is 0 Å². The smallest absolute Gasteiger partial charge is 0.262 e. The molecule has 1 aromatic heterocycles. The number of aromatic hydroxyl groups is 1. The van der Waals surface area contributed by atoms with Gasteiger partial charge in [-0.2, -0.15) is 0 Å². The Morgan fingerprint density at radius 2 is 1.83 bits per heavy atom. The van der Waals surface area contributed by atoms with Gasteiger partial charge in [-0.3, -0.25) is 4.79 Å². The zero-order chi connectivity index (χ0) is 20.4. The summed E-state index contributed by atoms with van der Waals surface area (Å²) < 4.78 is 11.3. The van der Waals surface area contributed by atoms with Crippen molar-refractivity contribution < 1.29 is 19.1 Å². The third-order valence-electron chi connectivity index (χ3n) is 4.63. The number of phenols is 1. The lowest BCUT2D eigenvalue weighted by atomic mass is 10.1. The van der Waals surface area contributed by atoms with E-state index in [1.165, 1.54) is 6.07 Å². The average Bonchev–Trinajstić information content (AvgIpc) is 3.11. The van der Waals surface area contributed by atoms with E-state index in [1.54, 1.807) is 24.3 Å². The van der Waals surface area contributed by atoms with E-state index in [4.69, 9.17) is 9.15 Å². The first-order chi connectivity index (χ1) is 14.0. The topological polar surface area (TPSA) is 84.6 Å². The van der Waals surface area contributed by atoms with Crippen LogP contribution in [0.1, 0.15) is 11.1 Å². The number of ether oxygens (including phenoxy) is 1. The first-order valence-electron chi connectivity index (χ1n) is 9.18. The van der Waals surface area contributed by atoms with Gasteiger partial charge in [0.1, 0.15) is 17.0 Å². The molecule has 4 aromatic rings. The Hall–Kier alpha value is -3.80. The lowest BCUT2D eigenvalue weighted by molar-refractivity contribution is -0.118. The Kier molecular flexibility index (Phi) is 4.91. The van der Waals surface area contributed by atoms with Crippen molar-refractivity contribution in [3.8, 4) is 23.0 Å². The van der Waals surface area contributed by atoms with Crippen molar-refractivity contribution in [2.75, 3.05) is 11.9 Å². The molecule has 0 saturated heterocycles. The number of fused-ring (bicyclic) bond motifs is 1. The predicted molar refractivity (Wildman–Crippen MR) is 111 cm³/mol. The number of anilines is 1. The van der Waals surface area contributed by atoms with Crippen LogP contribution in [0.15, 0.2) is 65.1 Å². The molecule has 0 aliphatic heterocycles. The molecule has 0 spiro atoms. The monoisotopic (exact) mass is 388 g/mol. The molecule has 6 heteroatoms. The first-order valence-corrected chi connectivity index (χ1v) is 9.18. The molecule has 146 valence electrons. The van der Waals surface area contributed by atoms with E-state index in [2.05, 4.69) is 10.3 Å². The molecule has 1 amide bonds. The summed E-state index contributed by atoms with van der Waals surface area (Å²) in [4.78, 5) is 16.7. The Balaban J connectivity index is 1.54. The van der Waals surface area contributed by atoms with Gasteiger partial charge in [-0.1, -0.05) is 18.2 Å². The van der Waals surface area contributed by atoms with E-state index >= 15 is 0 Å². The number of carbonyl (C=O) groups is 1. The molecule has 29 heavy (non-hydrogen) atoms. The quantitative estimate of drug-likeness (QED) is 0.478. The molecule has 6 nitrogen and oxygen atoms in total. The van der Waals surface area contributed by atoms with Gasteiger partial charge in [0.15, 0.2) is 12.2 Å². The van der Waals surface area contributed by atoms with E-state index in [1.807, 2.05) is 44.2 Å². The van der Waals surface area contributed by atoms with E-state index in [-0.39, 0.29) is 18.3 Å². The minimum atomic E-state index is -0.311. The fourth-order valence-corrected chi connectivity index (χ4v) is 2.94. The van der Waals surface area contributed by atoms with Crippen molar-refractivity contribution in [1.82, 2.24) is 4.98 Å². The van der Waals surface area contributed by atoms with Gasteiger partial charge < -0.3 is 19.6 Å². The molecule has 2 N–H and O–H groups in total. The minimum Gasteiger partial charge on any atom is -0.507 e. The zero-order valence-corrected chi connectivity index (χ0v) is 16.1. The molecule has 0 aliphatic carbocycles. The van der Waals surface area contributed by atoms with E-state index < -0.39 is 0 Å². The van der Waals surface area contributed by atoms with Crippen LogP contribution in [0.25, 0.3) is 22.6 Å². The molecule has 0 unspecified atom stereocenters. The van der Waals surface area contributed by atoms with Crippen LogP contribution < -0.4 is 10.1 Å². The van der Waals surface area contributed by atoms with Gasteiger partial charge in [0.05, 0.1) is 5.56 Å². The summed E-state index contributed by atoms with van der Waals surface area (Å²) in [5, 5.41) is 13.0. The van der Waals surface area contributed by atoms with E-state index in [0.29, 0.717) is 34.0 Å². The maximum atomic E-state index is 12.2. The van der Waals surface area contributed by atoms with Crippen LogP contribution in [0, 0.1) is 13.8 Å². The van der Waals surface area contributed by atoms with Crippen LogP contribution in [-0.4, -0.2) is 22.6 Å². The van der Waals surface area contributed by atoms with Crippen molar-refractivity contribution in [2.45, 2.75) is 13.8 Å². The van der Waals surface area contributed by atoms with Crippen molar-refractivity contribution in [1.29, 1.82) is 0 Å². The highest BCUT2D eigenvalue weighted by Crippen LogP contribution is 2.34. The van der Waals surface area contributed by atoms with Gasteiger partial charge in [0, 0.05) is 5.69 Å². The number of nitrogens with zero attached hydrogens (tertiary/aromatic N) is 1. The second-order valence-corrected chi connectivity index (χ2v) is 6.81. The number of benzene rings is 3. The van der Waals surface area contributed by atoms with Crippen LogP contribution >= 0.6 is 0 Å². The van der Waals surface area contributed by atoms with Crippen molar-refractivity contribution in [2.24, 2.45) is 0 Å². The lowest BCUT2D eigenvalue weighted by Gasteiger charge is -2.09. The molecular weight excluding hydrogens is 368 g/mol. The number of amides is 1. The number of hydrogen-bond donors (Lipinski definition) is 2. The van der Waals surface area contributed by atoms with Gasteiger partial charge in [0.2, 0.25) is 5.89 Å². The van der Waals surface area contributed by atoms with Crippen LogP contribution in [0.3, 0.4) is 0 Å². The molecule has 3 aromatic carbocycles. The summed E-state index contributed by atoms with van der Waals surface area (Å²) in [6, 6.07) is 17.7. The summed E-state index contributed by atoms with van der Waals surface area (Å²) >= 11 is 0. The number of nitrogens with one attached hydrogen (secondary N) is 1. The summed E-state index contributed by atoms with van der Waals surface area (Å²) in [7, 11) is 0. The number of aryl methyl sites for hydroxylation is 2. The third kappa shape index (κ3) is 4.06. The van der Waals surface area contributed by atoms with E-state index in [0.717, 1.165) is 11.1 Å². The average molecular weight is 388 g/mol. The Bertz CT molecular complexity index is 1140. The van der Waals surface area contributed by atoms with Gasteiger partial charge >= 0.3 is 0 Å². The van der Waals surface area contributed by atoms with Gasteiger partial charge in [0.25, 0.3) is 5.91 Å². The molecule has 0 bridgehead atoms. The highest BCUT2D eigenvalue weighted by atomic mass is 16.5. The number of phenolic OH excluding ortho intramolecular Hbond substituents is 1. The standard InChI is InChI=1S/C23H20N2O4/c1-14-10-19-21(11-15(14)2)29-23(25-19)18-12-16(8-9-20(18)26)24-22(27)13-28-17-6-4-3-5-7-17/h3-12,26H,13H2,1-2H3,(H,24,27). The fourth-order valence-electron chi connectivity index (χ4n) is 2.94. The van der Waals surface area contributed by atoms with E-state index in [9.17, 15) is 9.90 Å². The normalized spacial score (nSPS) is 10.8. The molecule has 4 rings (SSSR count). The van der Waals surface area contributed by atoms with Crippen LogP contribution in [0.4, 0.5) is 5.69 Å². The molecule has 0 saturated carbocycles. The zero-order valence-electron chi connectivity index (χ0n) is 16.1. The number of aromatic nitrogens is 1. The number of rotatable bonds is 5. The second-order valence-electron chi connectivity index (χ2n) is 6.81. The van der Waals surface area contributed by atoms with Crippen molar-refractivity contribution >= 4 is 22.7 Å². The number of para-hydroxylation sites is 1. The Morgan fingerprint density at radius 1 is 1.07 bits per heavy atom. The SMILES string of the molecule is Cc1cc2nc(-c3cc(NC(=O)COc4ccccc4)ccc3O)oc2cc1C. The summed E-state index contributed by atoms with van der Waals surface area (Å²) in [5.41, 5.74) is 4.48. The molecule has 0 aliphatic rings. The first kappa shape index (κ1) is 18.6. The van der Waals surface area contributed by atoms with Gasteiger partial charge in [-0.15, -0.1) is 0 Å². The third-order valence-corrected chi connectivity index (χ3v) is 4.63. The molecule has 0 fully saturated rings. The largest absolute Gasteiger partial charge is 0.507 e. The predicted octanol–water partition coefficient (Wildman–Crippen LogP) is 4.83. The maximum absolute atomic E-state index is 12.2. The Morgan fingerprint density at radius 3 is 2.62 bits per heavy atom. The number of hydrogen-bond acceptors (Lipinski definition) is 5. The summed E-state index contributed by atoms with van der Waals surface area (Å²) in [6.07, 6.45) is 0. The highest BCUT2D eigenvalue weighted by Gasteiger charge is 2.15. The van der Waals surface area contributed by atoms with Gasteiger partial charge in [-0.05, 0) is 67.4 Å². The van der Waals surface area contributed by atoms with Crippen LogP contribution in [0.2, 0.25) is 0 Å². The second kappa shape index (κ2) is 7.67. The van der Waals surface area contributed by atoms with Crippen LogP contribution in [-0.2, 0) is 4.79 Å². The van der Waals surface area contributed by atoms with Crippen LogP contribution in [0.5, 0.6) is 11.5 Å². The highest BCUT2D eigenvalue weighted by molar-refractivity contribution is 5.93. The van der Waals surface area contributed by atoms with Crippen molar-refractivity contribution in [3.05, 3.63) is 71.8 Å². The summed E-state index contributed by atoms with van der Waals surface area (Å²) in [5.74, 6) is 0.614. The molecular formula is C23H20N2O4. The maximum Gasteiger partial charge on any atom is 0.262 e. The summed E-state index contributed by atoms with van der Waals surface area (Å²) in [6.45, 7) is 3.89. The molecule has 1 heterocycles. The lowest BCUT2D eigenvalue weighted by Crippen LogP contribution is -2.20. The molecule has 0 radical (unpaired) electrons. The molecule has 0 atom stereocenters. The number of oxazole rings is 1. The fraction of sp³-hybridized carbons (Fsp3) is 0.130. The van der Waals surface area contributed by atoms with Gasteiger partial charge in [-0.25, -0.2) is 4.98 Å².